The van der Waals surface area contributed by atoms with Crippen molar-refractivity contribution in [2.24, 2.45) is 11.1 Å². The minimum Gasteiger partial charge on any atom is -0.480 e. The molecular weight excluding hydrogens is 400 g/mol. The second kappa shape index (κ2) is 6.29. The first-order valence-corrected chi connectivity index (χ1v) is 10.4. The maximum absolute atomic E-state index is 12.5. The Morgan fingerprint density at radius 3 is 2.33 bits per heavy atom. The van der Waals surface area contributed by atoms with Gasteiger partial charge in [-0.15, -0.1) is 12.4 Å². The highest BCUT2D eigenvalue weighted by Gasteiger charge is 2.58. The van der Waals surface area contributed by atoms with E-state index in [0.717, 1.165) is 6.08 Å². The summed E-state index contributed by atoms with van der Waals surface area (Å²) < 4.78 is 45.5. The maximum atomic E-state index is 12.5. The second-order valence-electron chi connectivity index (χ2n) is 5.95. The van der Waals surface area contributed by atoms with Crippen molar-refractivity contribution in [3.63, 3.8) is 0 Å². The van der Waals surface area contributed by atoms with Crippen LogP contribution in [0.3, 0.4) is 0 Å². The first kappa shape index (κ1) is 21.5. The lowest BCUT2D eigenvalue weighted by Gasteiger charge is -2.35. The zero-order valence-corrected chi connectivity index (χ0v) is 16.6. The van der Waals surface area contributed by atoms with Gasteiger partial charge in [0.25, 0.3) is 0 Å². The number of sulfone groups is 1. The van der Waals surface area contributed by atoms with Crippen LogP contribution < -0.4 is 5.14 Å². The van der Waals surface area contributed by atoms with E-state index >= 15 is 0 Å². The topological polar surface area (TPSA) is 135 Å². The third kappa shape index (κ3) is 3.01. The SMILES string of the molecule is CC(C1C2=C(SC1(C)C(=O)O)S(=O)(=O)C(S(N)(=O)=O)=C2)N(C)C.Cl. The monoisotopic (exact) mass is 418 g/mol. The number of carboxylic acids is 1. The van der Waals surface area contributed by atoms with Gasteiger partial charge < -0.3 is 10.0 Å². The molecule has 0 amide bonds. The lowest BCUT2D eigenvalue weighted by atomic mass is 9.81. The van der Waals surface area contributed by atoms with Crippen LogP contribution in [0.4, 0.5) is 0 Å². The standard InChI is InChI=1S/C12H18N2O6S3.ClH/c1-6(14(3)4)9-7-5-8(23(13,19)20)22(17,18)10(7)21-12(9,2)11(15)16;/h5-6,9H,1-4H3,(H,15,16)(H2,13,19,20);1H. The first-order chi connectivity index (χ1) is 10.2. The van der Waals surface area contributed by atoms with E-state index in [-0.39, 0.29) is 28.3 Å². The Labute approximate surface area is 151 Å². The molecular formula is C12H19ClN2O6S3. The lowest BCUT2D eigenvalue weighted by molar-refractivity contribution is -0.140. The minimum absolute atomic E-state index is 0. The number of aliphatic carboxylic acids is 1. The van der Waals surface area contributed by atoms with Crippen LogP contribution in [-0.2, 0) is 24.7 Å². The average molecular weight is 419 g/mol. The van der Waals surface area contributed by atoms with Gasteiger partial charge in [-0.05, 0) is 39.6 Å². The Morgan fingerprint density at radius 1 is 1.46 bits per heavy atom. The molecule has 2 rings (SSSR count). The Hall–Kier alpha value is -0.590. The highest BCUT2D eigenvalue weighted by Crippen LogP contribution is 2.58. The summed E-state index contributed by atoms with van der Waals surface area (Å²) in [5, 5.41) is 14.6. The van der Waals surface area contributed by atoms with Gasteiger partial charge in [-0.2, -0.15) is 0 Å². The van der Waals surface area contributed by atoms with E-state index in [4.69, 9.17) is 5.14 Å². The van der Waals surface area contributed by atoms with Crippen LogP contribution in [0, 0.1) is 5.92 Å². The molecule has 0 aromatic carbocycles. The van der Waals surface area contributed by atoms with Crippen molar-refractivity contribution in [1.82, 2.24) is 4.90 Å². The molecule has 2 aliphatic heterocycles. The van der Waals surface area contributed by atoms with E-state index in [1.807, 2.05) is 0 Å². The van der Waals surface area contributed by atoms with Gasteiger partial charge in [-0.25, -0.2) is 22.0 Å². The molecule has 0 bridgehead atoms. The number of nitrogens with zero attached hydrogens (tertiary/aromatic N) is 1. The van der Waals surface area contributed by atoms with Gasteiger partial charge in [-0.1, -0.05) is 11.8 Å². The summed E-state index contributed by atoms with van der Waals surface area (Å²) >= 11 is 0.666. The largest absolute Gasteiger partial charge is 0.480 e. The Morgan fingerprint density at radius 2 is 1.96 bits per heavy atom. The van der Waals surface area contributed by atoms with Crippen molar-refractivity contribution in [3.05, 3.63) is 20.1 Å². The number of nitrogens with two attached hydrogens (primary N) is 1. The normalized spacial score (nSPS) is 29.9. The van der Waals surface area contributed by atoms with Gasteiger partial charge in [0.05, 0.1) is 0 Å². The molecule has 8 nitrogen and oxygen atoms in total. The third-order valence-corrected chi connectivity index (χ3v) is 9.84. The van der Waals surface area contributed by atoms with Crippen molar-refractivity contribution >= 4 is 50.0 Å². The summed E-state index contributed by atoms with van der Waals surface area (Å²) in [6, 6.07) is -0.331. The average Bonchev–Trinajstić information content (AvgIpc) is 2.80. The van der Waals surface area contributed by atoms with Crippen molar-refractivity contribution < 1.29 is 26.7 Å². The number of thioether (sulfide) groups is 1. The van der Waals surface area contributed by atoms with Gasteiger partial charge >= 0.3 is 5.97 Å². The Balaban J connectivity index is 0.00000288. The zero-order valence-electron chi connectivity index (χ0n) is 13.4. The van der Waals surface area contributed by atoms with E-state index in [1.165, 1.54) is 6.92 Å². The van der Waals surface area contributed by atoms with Crippen molar-refractivity contribution in [3.8, 4) is 0 Å². The van der Waals surface area contributed by atoms with Crippen LogP contribution in [-0.4, -0.2) is 57.7 Å². The molecule has 0 aromatic rings. The van der Waals surface area contributed by atoms with Crippen molar-refractivity contribution in [2.75, 3.05) is 14.1 Å². The Bertz CT molecular complexity index is 846. The number of sulfonamides is 1. The predicted molar refractivity (Wildman–Crippen MR) is 94.7 cm³/mol. The number of carbonyl (C=O) groups is 1. The number of carboxylic acid groups (broad SMARTS) is 1. The van der Waals surface area contributed by atoms with Crippen molar-refractivity contribution in [2.45, 2.75) is 24.6 Å². The van der Waals surface area contributed by atoms with Crippen LogP contribution in [0.1, 0.15) is 13.8 Å². The molecule has 138 valence electrons. The molecule has 3 atom stereocenters. The van der Waals surface area contributed by atoms with Gasteiger partial charge in [-0.3, -0.25) is 4.79 Å². The summed E-state index contributed by atoms with van der Waals surface area (Å²) in [6.07, 6.45) is 1.01. The fourth-order valence-electron chi connectivity index (χ4n) is 2.82. The molecule has 2 aliphatic rings. The summed E-state index contributed by atoms with van der Waals surface area (Å²) in [5.41, 5.74) is 0.199. The van der Waals surface area contributed by atoms with E-state index in [9.17, 15) is 26.7 Å². The second-order valence-corrected chi connectivity index (χ2v) is 11.3. The molecule has 24 heavy (non-hydrogen) atoms. The molecule has 12 heteroatoms. The molecule has 0 aliphatic carbocycles. The molecule has 2 heterocycles. The fraction of sp³-hybridized carbons (Fsp3) is 0.583. The van der Waals surface area contributed by atoms with Gasteiger partial charge in [0.15, 0.2) is 4.24 Å². The van der Waals surface area contributed by atoms with Gasteiger partial charge in [0.1, 0.15) is 8.98 Å². The van der Waals surface area contributed by atoms with E-state index in [1.54, 1.807) is 25.9 Å². The van der Waals surface area contributed by atoms with Gasteiger partial charge in [0.2, 0.25) is 19.9 Å². The minimum atomic E-state index is -4.42. The van der Waals surface area contributed by atoms with E-state index in [2.05, 4.69) is 0 Å². The highest BCUT2D eigenvalue weighted by molar-refractivity contribution is 8.26. The number of allylic oxidation sites excluding steroid dienone is 1. The Kier molecular flexibility index (Phi) is 5.62. The number of hydrogen-bond donors (Lipinski definition) is 2. The van der Waals surface area contributed by atoms with Gasteiger partial charge in [0, 0.05) is 12.0 Å². The molecule has 0 spiro atoms. The molecule has 0 fully saturated rings. The molecule has 3 N–H and O–H groups in total. The molecule has 0 saturated heterocycles. The smallest absolute Gasteiger partial charge is 0.320 e. The number of primary sulfonamides is 1. The van der Waals surface area contributed by atoms with Crippen molar-refractivity contribution in [1.29, 1.82) is 0 Å². The molecule has 0 radical (unpaired) electrons. The lowest BCUT2D eigenvalue weighted by Crippen LogP contribution is -2.47. The summed E-state index contributed by atoms with van der Waals surface area (Å²) in [6.45, 7) is 3.21. The summed E-state index contributed by atoms with van der Waals surface area (Å²) in [7, 11) is -5.25. The highest BCUT2D eigenvalue weighted by atomic mass is 35.5. The van der Waals surface area contributed by atoms with E-state index < -0.39 is 40.7 Å². The molecule has 3 unspecified atom stereocenters. The van der Waals surface area contributed by atoms with E-state index in [0.29, 0.717) is 11.8 Å². The number of halogens is 1. The fourth-order valence-corrected chi connectivity index (χ4v) is 8.16. The van der Waals surface area contributed by atoms with Crippen LogP contribution in [0.15, 0.2) is 20.1 Å². The third-order valence-electron chi connectivity index (χ3n) is 4.25. The first-order valence-electron chi connectivity index (χ1n) is 6.57. The summed E-state index contributed by atoms with van der Waals surface area (Å²) in [4.78, 5) is 13.5. The maximum Gasteiger partial charge on any atom is 0.320 e. The number of rotatable bonds is 4. The van der Waals surface area contributed by atoms with Crippen LogP contribution in [0.5, 0.6) is 0 Å². The molecule has 0 saturated carbocycles. The summed E-state index contributed by atoms with van der Waals surface area (Å²) in [5.74, 6) is -1.86. The predicted octanol–water partition coefficient (Wildman–Crippen LogP) is 0.335. The molecule has 0 aromatic heterocycles. The zero-order chi connectivity index (χ0) is 18.0. The van der Waals surface area contributed by atoms with Crippen LogP contribution in [0.25, 0.3) is 0 Å². The number of hydrogen-bond acceptors (Lipinski definition) is 7. The van der Waals surface area contributed by atoms with Crippen LogP contribution >= 0.6 is 24.2 Å². The van der Waals surface area contributed by atoms with Crippen LogP contribution in [0.2, 0.25) is 0 Å². The quantitative estimate of drug-likeness (QED) is 0.666.